The second-order valence-corrected chi connectivity index (χ2v) is 7.64. The molecule has 1 aromatic rings. The molecule has 1 saturated heterocycles. The van der Waals surface area contributed by atoms with Gasteiger partial charge in [0.05, 0.1) is 30.6 Å². The molecule has 0 saturated carbocycles. The molecule has 1 aliphatic rings. The van der Waals surface area contributed by atoms with Crippen molar-refractivity contribution in [2.24, 2.45) is 5.92 Å². The van der Waals surface area contributed by atoms with Crippen LogP contribution in [0.4, 0.5) is 0 Å². The number of hydrogen-bond donors (Lipinski definition) is 1. The minimum Gasteiger partial charge on any atom is -0.468 e. The van der Waals surface area contributed by atoms with E-state index in [1.54, 1.807) is 6.26 Å². The Morgan fingerprint density at radius 1 is 1.32 bits per heavy atom. The minimum atomic E-state index is -0.145. The molecule has 1 fully saturated rings. The number of hydrogen-bond acceptors (Lipinski definition) is 5. The van der Waals surface area contributed by atoms with Crippen molar-refractivity contribution in [3.05, 3.63) is 24.2 Å². The maximum absolute atomic E-state index is 13.0. The normalized spacial score (nSPS) is 24.5. The highest BCUT2D eigenvalue weighted by molar-refractivity contribution is 5.82. The van der Waals surface area contributed by atoms with Gasteiger partial charge in [0.1, 0.15) is 5.76 Å². The number of nitrogens with one attached hydrogen (secondary N) is 1. The van der Waals surface area contributed by atoms with Gasteiger partial charge in [-0.2, -0.15) is 0 Å². The molecular formula is C19H33N3O3. The van der Waals surface area contributed by atoms with Crippen molar-refractivity contribution in [2.75, 3.05) is 33.7 Å². The molecule has 1 N–H and O–H groups in total. The monoisotopic (exact) mass is 351 g/mol. The van der Waals surface area contributed by atoms with Crippen molar-refractivity contribution in [2.45, 2.75) is 52.0 Å². The number of morpholine rings is 1. The van der Waals surface area contributed by atoms with Gasteiger partial charge in [0.2, 0.25) is 5.91 Å². The van der Waals surface area contributed by atoms with Gasteiger partial charge in [0.25, 0.3) is 0 Å². The standard InChI is InChI=1S/C19H33N3O3/c1-13(2)18(22-11-14(3)25-15(4)12-22)19(23)20-10-16(21(5)6)17-8-7-9-24-17/h7-9,13-16,18H,10-12H2,1-6H3,(H,20,23). The van der Waals surface area contributed by atoms with E-state index in [1.165, 1.54) is 0 Å². The molecule has 25 heavy (non-hydrogen) atoms. The van der Waals surface area contributed by atoms with E-state index < -0.39 is 0 Å². The van der Waals surface area contributed by atoms with Crippen LogP contribution in [0.25, 0.3) is 0 Å². The fourth-order valence-electron chi connectivity index (χ4n) is 3.66. The SMILES string of the molecule is CC1CN(C(C(=O)NCC(c2ccco2)N(C)C)C(C)C)CC(C)O1. The van der Waals surface area contributed by atoms with Crippen molar-refractivity contribution in [1.82, 2.24) is 15.1 Å². The Morgan fingerprint density at radius 3 is 2.44 bits per heavy atom. The van der Waals surface area contributed by atoms with Crippen molar-refractivity contribution in [1.29, 1.82) is 0 Å². The lowest BCUT2D eigenvalue weighted by molar-refractivity contribution is -0.135. The lowest BCUT2D eigenvalue weighted by Gasteiger charge is -2.41. The first-order chi connectivity index (χ1) is 11.8. The van der Waals surface area contributed by atoms with E-state index in [1.807, 2.05) is 26.2 Å². The molecule has 1 amide bonds. The van der Waals surface area contributed by atoms with E-state index in [-0.39, 0.29) is 36.1 Å². The molecule has 4 unspecified atom stereocenters. The van der Waals surface area contributed by atoms with Gasteiger partial charge in [0, 0.05) is 19.6 Å². The summed E-state index contributed by atoms with van der Waals surface area (Å²) in [5, 5.41) is 3.14. The lowest BCUT2D eigenvalue weighted by Crippen LogP contribution is -2.57. The summed E-state index contributed by atoms with van der Waals surface area (Å²) < 4.78 is 11.3. The zero-order chi connectivity index (χ0) is 18.6. The number of carbonyl (C=O) groups is 1. The largest absolute Gasteiger partial charge is 0.468 e. The molecule has 6 nitrogen and oxygen atoms in total. The molecule has 1 aliphatic heterocycles. The molecule has 0 aliphatic carbocycles. The predicted molar refractivity (Wildman–Crippen MR) is 98.4 cm³/mol. The van der Waals surface area contributed by atoms with Crippen LogP contribution in [0.15, 0.2) is 22.8 Å². The lowest BCUT2D eigenvalue weighted by atomic mass is 9.99. The number of furan rings is 1. The number of carbonyl (C=O) groups excluding carboxylic acids is 1. The van der Waals surface area contributed by atoms with Crippen LogP contribution in [0.3, 0.4) is 0 Å². The highest BCUT2D eigenvalue weighted by Gasteiger charge is 2.34. The first-order valence-electron chi connectivity index (χ1n) is 9.16. The number of amides is 1. The Hall–Kier alpha value is -1.37. The number of nitrogens with zero attached hydrogens (tertiary/aromatic N) is 2. The van der Waals surface area contributed by atoms with Gasteiger partial charge in [-0.05, 0) is 46.0 Å². The summed E-state index contributed by atoms with van der Waals surface area (Å²) in [4.78, 5) is 17.3. The Balaban J connectivity index is 2.02. The Bertz CT molecular complexity index is 520. The second-order valence-electron chi connectivity index (χ2n) is 7.64. The van der Waals surface area contributed by atoms with Crippen LogP contribution >= 0.6 is 0 Å². The summed E-state index contributed by atoms with van der Waals surface area (Å²) in [7, 11) is 3.98. The third-order valence-electron chi connectivity index (χ3n) is 4.71. The van der Waals surface area contributed by atoms with Crippen molar-refractivity contribution in [3.63, 3.8) is 0 Å². The van der Waals surface area contributed by atoms with Crippen molar-refractivity contribution in [3.8, 4) is 0 Å². The molecule has 0 aromatic carbocycles. The second kappa shape index (κ2) is 8.83. The molecule has 0 spiro atoms. The molecule has 2 heterocycles. The van der Waals surface area contributed by atoms with E-state index >= 15 is 0 Å². The van der Waals surface area contributed by atoms with E-state index in [0.717, 1.165) is 18.8 Å². The summed E-state index contributed by atoms with van der Waals surface area (Å²) in [6.45, 7) is 10.4. The Labute approximate surface area is 151 Å². The molecule has 142 valence electrons. The van der Waals surface area contributed by atoms with Crippen LogP contribution in [-0.2, 0) is 9.53 Å². The number of rotatable bonds is 7. The zero-order valence-electron chi connectivity index (χ0n) is 16.4. The maximum Gasteiger partial charge on any atom is 0.237 e. The van der Waals surface area contributed by atoms with Gasteiger partial charge in [-0.3, -0.25) is 14.6 Å². The van der Waals surface area contributed by atoms with Crippen LogP contribution in [-0.4, -0.2) is 67.7 Å². The molecule has 4 atom stereocenters. The highest BCUT2D eigenvalue weighted by atomic mass is 16.5. The Morgan fingerprint density at radius 2 is 1.96 bits per heavy atom. The molecule has 1 aromatic heterocycles. The number of likely N-dealkylation sites (N-methyl/N-ethyl adjacent to an activating group) is 1. The van der Waals surface area contributed by atoms with Crippen LogP contribution < -0.4 is 5.32 Å². The number of ether oxygens (including phenoxy) is 1. The molecular weight excluding hydrogens is 318 g/mol. The van der Waals surface area contributed by atoms with E-state index in [0.29, 0.717) is 6.54 Å². The van der Waals surface area contributed by atoms with Gasteiger partial charge in [-0.25, -0.2) is 0 Å². The van der Waals surface area contributed by atoms with Gasteiger partial charge < -0.3 is 14.5 Å². The zero-order valence-corrected chi connectivity index (χ0v) is 16.4. The van der Waals surface area contributed by atoms with E-state index in [9.17, 15) is 4.79 Å². The quantitative estimate of drug-likeness (QED) is 0.816. The predicted octanol–water partition coefficient (Wildman–Crippen LogP) is 2.13. The Kier molecular flexibility index (Phi) is 7.04. The van der Waals surface area contributed by atoms with Crippen LogP contribution in [0.2, 0.25) is 0 Å². The van der Waals surface area contributed by atoms with Gasteiger partial charge in [-0.15, -0.1) is 0 Å². The summed E-state index contributed by atoms with van der Waals surface area (Å²) in [5.41, 5.74) is 0. The summed E-state index contributed by atoms with van der Waals surface area (Å²) in [6.07, 6.45) is 1.96. The van der Waals surface area contributed by atoms with E-state index in [2.05, 4.69) is 42.8 Å². The van der Waals surface area contributed by atoms with Gasteiger partial charge >= 0.3 is 0 Å². The van der Waals surface area contributed by atoms with Crippen molar-refractivity contribution >= 4 is 5.91 Å². The molecule has 2 rings (SSSR count). The first kappa shape index (κ1) is 19.9. The van der Waals surface area contributed by atoms with Gasteiger partial charge in [0.15, 0.2) is 0 Å². The average Bonchev–Trinajstić information content (AvgIpc) is 2.99. The van der Waals surface area contributed by atoms with Crippen LogP contribution in [0.1, 0.15) is 39.5 Å². The van der Waals surface area contributed by atoms with Gasteiger partial charge in [-0.1, -0.05) is 13.8 Å². The molecule has 0 radical (unpaired) electrons. The average molecular weight is 351 g/mol. The fraction of sp³-hybridized carbons (Fsp3) is 0.737. The maximum atomic E-state index is 13.0. The summed E-state index contributed by atoms with van der Waals surface area (Å²) in [6, 6.07) is 3.70. The fourth-order valence-corrected chi connectivity index (χ4v) is 3.66. The molecule has 6 heteroatoms. The van der Waals surface area contributed by atoms with Crippen LogP contribution in [0, 0.1) is 5.92 Å². The third-order valence-corrected chi connectivity index (χ3v) is 4.71. The van der Waals surface area contributed by atoms with E-state index in [4.69, 9.17) is 9.15 Å². The minimum absolute atomic E-state index is 0.0225. The van der Waals surface area contributed by atoms with Crippen LogP contribution in [0.5, 0.6) is 0 Å². The van der Waals surface area contributed by atoms with Crippen molar-refractivity contribution < 1.29 is 13.9 Å². The highest BCUT2D eigenvalue weighted by Crippen LogP contribution is 2.20. The first-order valence-corrected chi connectivity index (χ1v) is 9.16. The molecule has 0 bridgehead atoms. The smallest absolute Gasteiger partial charge is 0.237 e. The topological polar surface area (TPSA) is 58.0 Å². The third kappa shape index (κ3) is 5.30. The summed E-state index contributed by atoms with van der Waals surface area (Å²) >= 11 is 0. The summed E-state index contributed by atoms with van der Waals surface area (Å²) in [5.74, 6) is 1.17.